The molecule has 3 N–H and O–H groups in total. The van der Waals surface area contributed by atoms with E-state index in [1.54, 1.807) is 18.6 Å². The quantitative estimate of drug-likeness (QED) is 0.592. The minimum Gasteiger partial charge on any atom is -0.353 e. The topological polar surface area (TPSA) is 99.2 Å². The van der Waals surface area contributed by atoms with Gasteiger partial charge < -0.3 is 16.0 Å². The van der Waals surface area contributed by atoms with E-state index in [9.17, 15) is 9.59 Å². The van der Waals surface area contributed by atoms with Crippen molar-refractivity contribution < 1.29 is 9.59 Å². The molecule has 2 fully saturated rings. The minimum absolute atomic E-state index is 0.0244. The summed E-state index contributed by atoms with van der Waals surface area (Å²) in [6, 6.07) is 9.97. The van der Waals surface area contributed by atoms with Crippen LogP contribution >= 0.6 is 0 Å². The smallest absolute Gasteiger partial charge is 0.237 e. The highest BCUT2D eigenvalue weighted by atomic mass is 16.2. The SMILES string of the molecule is O=C(CC[C@@H]1CNC(=O)[C@@H]2C[C@H](NCc3ccccn3)CN12)NCc1cccnc1. The van der Waals surface area contributed by atoms with Gasteiger partial charge >= 0.3 is 0 Å². The summed E-state index contributed by atoms with van der Waals surface area (Å²) >= 11 is 0. The van der Waals surface area contributed by atoms with E-state index < -0.39 is 0 Å². The number of aromatic nitrogens is 2. The molecule has 0 aromatic carbocycles. The van der Waals surface area contributed by atoms with Gasteiger partial charge in [0.1, 0.15) is 0 Å². The Bertz CT molecular complexity index is 847. The Kier molecular flexibility index (Phi) is 6.66. The highest BCUT2D eigenvalue weighted by Gasteiger charge is 2.43. The van der Waals surface area contributed by atoms with E-state index in [1.807, 2.05) is 30.3 Å². The third-order valence-corrected chi connectivity index (χ3v) is 5.84. The van der Waals surface area contributed by atoms with Gasteiger partial charge in [-0.05, 0) is 36.6 Å². The van der Waals surface area contributed by atoms with Gasteiger partial charge in [-0.25, -0.2) is 0 Å². The van der Waals surface area contributed by atoms with Crippen molar-refractivity contribution in [3.05, 3.63) is 60.2 Å². The Balaban J connectivity index is 1.25. The standard InChI is InChI=1S/C22H28N6O2/c29-21(26-12-16-4-3-8-23-11-16)7-6-19-14-27-22(30)20-10-18(15-28(19)20)25-13-17-5-1-2-9-24-17/h1-5,8-9,11,18-20,25H,6-7,10,12-15H2,(H,26,29)(H,27,30)/t18-,19+,20-/m0/s1. The first-order valence-corrected chi connectivity index (χ1v) is 10.5. The summed E-state index contributed by atoms with van der Waals surface area (Å²) in [6.45, 7) is 2.58. The van der Waals surface area contributed by atoms with E-state index in [-0.39, 0.29) is 29.9 Å². The fraction of sp³-hybridized carbons (Fsp3) is 0.455. The summed E-state index contributed by atoms with van der Waals surface area (Å²) in [5, 5.41) is 9.50. The lowest BCUT2D eigenvalue weighted by molar-refractivity contribution is -0.129. The molecule has 2 aromatic rings. The molecule has 8 nitrogen and oxygen atoms in total. The molecule has 2 amide bonds. The van der Waals surface area contributed by atoms with Crippen LogP contribution < -0.4 is 16.0 Å². The Morgan fingerprint density at radius 1 is 1.20 bits per heavy atom. The van der Waals surface area contributed by atoms with E-state index in [4.69, 9.17) is 0 Å². The predicted molar refractivity (Wildman–Crippen MR) is 112 cm³/mol. The number of rotatable bonds is 8. The van der Waals surface area contributed by atoms with Gasteiger partial charge in [-0.15, -0.1) is 0 Å². The molecular formula is C22H28N6O2. The number of hydrogen-bond donors (Lipinski definition) is 3. The number of pyridine rings is 2. The summed E-state index contributed by atoms with van der Waals surface area (Å²) < 4.78 is 0. The summed E-state index contributed by atoms with van der Waals surface area (Å²) in [5.74, 6) is 0.116. The molecule has 8 heteroatoms. The molecular weight excluding hydrogens is 380 g/mol. The summed E-state index contributed by atoms with van der Waals surface area (Å²) in [4.78, 5) is 35.3. The fourth-order valence-corrected chi connectivity index (χ4v) is 4.23. The van der Waals surface area contributed by atoms with Crippen LogP contribution in [0.3, 0.4) is 0 Å². The largest absolute Gasteiger partial charge is 0.353 e. The number of amides is 2. The Labute approximate surface area is 176 Å². The first-order valence-electron chi connectivity index (χ1n) is 10.5. The van der Waals surface area contributed by atoms with Crippen molar-refractivity contribution in [2.45, 2.75) is 50.5 Å². The molecule has 0 saturated carbocycles. The number of nitrogens with one attached hydrogen (secondary N) is 3. The van der Waals surface area contributed by atoms with Crippen molar-refractivity contribution >= 4 is 11.8 Å². The molecule has 0 bridgehead atoms. The van der Waals surface area contributed by atoms with Gasteiger partial charge in [0.15, 0.2) is 0 Å². The third-order valence-electron chi connectivity index (χ3n) is 5.84. The van der Waals surface area contributed by atoms with Gasteiger partial charge in [-0.2, -0.15) is 0 Å². The van der Waals surface area contributed by atoms with Crippen LogP contribution in [0.5, 0.6) is 0 Å². The van der Waals surface area contributed by atoms with Gasteiger partial charge in [-0.1, -0.05) is 12.1 Å². The first kappa shape index (κ1) is 20.4. The Morgan fingerprint density at radius 3 is 2.93 bits per heavy atom. The van der Waals surface area contributed by atoms with Crippen LogP contribution in [-0.4, -0.2) is 57.9 Å². The molecule has 3 atom stereocenters. The molecule has 0 spiro atoms. The zero-order valence-corrected chi connectivity index (χ0v) is 17.0. The molecule has 0 unspecified atom stereocenters. The van der Waals surface area contributed by atoms with E-state index >= 15 is 0 Å². The monoisotopic (exact) mass is 408 g/mol. The van der Waals surface area contributed by atoms with Crippen molar-refractivity contribution in [3.8, 4) is 0 Å². The summed E-state index contributed by atoms with van der Waals surface area (Å²) in [5.41, 5.74) is 1.98. The van der Waals surface area contributed by atoms with Gasteiger partial charge in [0.25, 0.3) is 0 Å². The van der Waals surface area contributed by atoms with Crippen molar-refractivity contribution in [2.75, 3.05) is 13.1 Å². The number of hydrogen-bond acceptors (Lipinski definition) is 6. The molecule has 4 rings (SSSR count). The molecule has 2 aromatic heterocycles. The van der Waals surface area contributed by atoms with Crippen LogP contribution in [0.25, 0.3) is 0 Å². The minimum atomic E-state index is -0.122. The van der Waals surface area contributed by atoms with E-state index in [0.717, 1.165) is 30.6 Å². The maximum Gasteiger partial charge on any atom is 0.237 e. The van der Waals surface area contributed by atoms with Gasteiger partial charge in [0.2, 0.25) is 11.8 Å². The highest BCUT2D eigenvalue weighted by molar-refractivity contribution is 5.83. The van der Waals surface area contributed by atoms with Crippen molar-refractivity contribution in [1.29, 1.82) is 0 Å². The van der Waals surface area contributed by atoms with E-state index in [2.05, 4.69) is 30.8 Å². The number of fused-ring (bicyclic) bond motifs is 1. The lowest BCUT2D eigenvalue weighted by Gasteiger charge is -2.37. The lowest BCUT2D eigenvalue weighted by atomic mass is 10.0. The third kappa shape index (κ3) is 5.20. The Hall–Kier alpha value is -2.84. The Morgan fingerprint density at radius 2 is 2.13 bits per heavy atom. The second-order valence-electron chi connectivity index (χ2n) is 7.92. The zero-order chi connectivity index (χ0) is 20.8. The second kappa shape index (κ2) is 9.77. The predicted octanol–water partition coefficient (Wildman–Crippen LogP) is 0.604. The molecule has 0 radical (unpaired) electrons. The van der Waals surface area contributed by atoms with Gasteiger partial charge in [0, 0.05) is 63.3 Å². The fourth-order valence-electron chi connectivity index (χ4n) is 4.23. The van der Waals surface area contributed by atoms with Crippen LogP contribution in [0.2, 0.25) is 0 Å². The summed E-state index contributed by atoms with van der Waals surface area (Å²) in [6.07, 6.45) is 7.20. The first-order chi connectivity index (χ1) is 14.7. The number of carbonyl (C=O) groups is 2. The van der Waals surface area contributed by atoms with Gasteiger partial charge in [-0.3, -0.25) is 24.5 Å². The average molecular weight is 409 g/mol. The summed E-state index contributed by atoms with van der Waals surface area (Å²) in [7, 11) is 0. The average Bonchev–Trinajstić information content (AvgIpc) is 3.23. The molecule has 4 heterocycles. The van der Waals surface area contributed by atoms with Crippen molar-refractivity contribution in [3.63, 3.8) is 0 Å². The maximum atomic E-state index is 12.4. The van der Waals surface area contributed by atoms with E-state index in [0.29, 0.717) is 26.1 Å². The lowest BCUT2D eigenvalue weighted by Crippen LogP contribution is -2.58. The molecule has 2 saturated heterocycles. The van der Waals surface area contributed by atoms with E-state index in [1.165, 1.54) is 0 Å². The van der Waals surface area contributed by atoms with Crippen molar-refractivity contribution in [2.24, 2.45) is 0 Å². The number of nitrogens with zero attached hydrogens (tertiary/aromatic N) is 3. The molecule has 2 aliphatic rings. The van der Waals surface area contributed by atoms with Gasteiger partial charge in [0.05, 0.1) is 11.7 Å². The van der Waals surface area contributed by atoms with Crippen molar-refractivity contribution in [1.82, 2.24) is 30.8 Å². The zero-order valence-electron chi connectivity index (χ0n) is 17.0. The number of carbonyl (C=O) groups excluding carboxylic acids is 2. The molecule has 2 aliphatic heterocycles. The van der Waals surface area contributed by atoms with Crippen LogP contribution in [0.4, 0.5) is 0 Å². The van der Waals surface area contributed by atoms with Crippen LogP contribution in [-0.2, 0) is 22.7 Å². The van der Waals surface area contributed by atoms with Crippen LogP contribution in [0.15, 0.2) is 48.9 Å². The highest BCUT2D eigenvalue weighted by Crippen LogP contribution is 2.26. The normalized spacial score (nSPS) is 23.6. The van der Waals surface area contributed by atoms with Crippen LogP contribution in [0.1, 0.15) is 30.5 Å². The molecule has 0 aliphatic carbocycles. The maximum absolute atomic E-state index is 12.4. The second-order valence-corrected chi connectivity index (χ2v) is 7.92. The molecule has 30 heavy (non-hydrogen) atoms. The number of piperazine rings is 1. The van der Waals surface area contributed by atoms with Crippen LogP contribution in [0, 0.1) is 0 Å². The molecule has 158 valence electrons.